The highest BCUT2D eigenvalue weighted by atomic mass is 16.2. The number of aromatic nitrogens is 2. The fourth-order valence-corrected chi connectivity index (χ4v) is 1.23. The van der Waals surface area contributed by atoms with Gasteiger partial charge >= 0.3 is 0 Å². The number of nitrogens with zero attached hydrogens (tertiary/aromatic N) is 2. The second-order valence-electron chi connectivity index (χ2n) is 3.35. The van der Waals surface area contributed by atoms with Gasteiger partial charge in [0.25, 0.3) is 0 Å². The second-order valence-corrected chi connectivity index (χ2v) is 3.35. The predicted molar refractivity (Wildman–Crippen MR) is 59.2 cm³/mol. The quantitative estimate of drug-likeness (QED) is 0.400. The summed E-state index contributed by atoms with van der Waals surface area (Å²) in [6.07, 6.45) is 4.84. The molecule has 0 aliphatic heterocycles. The minimum Gasteiger partial charge on any atom is -0.396 e. The van der Waals surface area contributed by atoms with E-state index in [2.05, 4.69) is 20.7 Å². The molecule has 0 spiro atoms. The topological polar surface area (TPSA) is 96.1 Å². The Labute approximate surface area is 88.9 Å². The summed E-state index contributed by atoms with van der Waals surface area (Å²) in [5.74, 6) is 6.42. The van der Waals surface area contributed by atoms with Crippen LogP contribution in [0.1, 0.15) is 19.8 Å². The highest BCUT2D eigenvalue weighted by molar-refractivity contribution is 5.41. The number of nitrogen functional groups attached to an aromatic ring is 1. The lowest BCUT2D eigenvalue weighted by molar-refractivity contribution is 0.282. The average Bonchev–Trinajstić information content (AvgIpc) is 2.26. The van der Waals surface area contributed by atoms with Crippen LogP contribution >= 0.6 is 0 Å². The van der Waals surface area contributed by atoms with Gasteiger partial charge in [-0.15, -0.1) is 0 Å². The van der Waals surface area contributed by atoms with E-state index in [9.17, 15) is 0 Å². The Morgan fingerprint density at radius 1 is 1.47 bits per heavy atom. The van der Waals surface area contributed by atoms with Gasteiger partial charge < -0.3 is 15.8 Å². The number of nitrogens with one attached hydrogen (secondary N) is 2. The molecular weight excluding hydrogens is 194 g/mol. The van der Waals surface area contributed by atoms with Crippen LogP contribution in [-0.2, 0) is 0 Å². The standard InChI is InChI=1S/C9H17N5O/c1-7(3-2-4-15)12-8-5-11-6-9(13-8)14-10/h5-7,15H,2-4,10H2,1H3,(H2,12,13,14). The first-order chi connectivity index (χ1) is 7.26. The Hall–Kier alpha value is -1.40. The summed E-state index contributed by atoms with van der Waals surface area (Å²) in [6, 6.07) is 0.250. The number of hydrazine groups is 1. The first-order valence-corrected chi connectivity index (χ1v) is 4.92. The third-order valence-corrected chi connectivity index (χ3v) is 1.97. The van der Waals surface area contributed by atoms with Gasteiger partial charge in [-0.3, -0.25) is 4.98 Å². The van der Waals surface area contributed by atoms with Crippen molar-refractivity contribution in [2.24, 2.45) is 5.84 Å². The van der Waals surface area contributed by atoms with Crippen molar-refractivity contribution in [3.8, 4) is 0 Å². The Morgan fingerprint density at radius 2 is 2.20 bits per heavy atom. The Kier molecular flexibility index (Phi) is 4.79. The normalized spacial score (nSPS) is 12.2. The van der Waals surface area contributed by atoms with E-state index in [4.69, 9.17) is 10.9 Å². The summed E-state index contributed by atoms with van der Waals surface area (Å²) in [5.41, 5.74) is 2.43. The molecule has 5 N–H and O–H groups in total. The number of hydrogen-bond acceptors (Lipinski definition) is 6. The van der Waals surface area contributed by atoms with Crippen molar-refractivity contribution in [2.75, 3.05) is 17.3 Å². The van der Waals surface area contributed by atoms with Crippen molar-refractivity contribution >= 4 is 11.6 Å². The third-order valence-electron chi connectivity index (χ3n) is 1.97. The molecule has 0 bridgehead atoms. The van der Waals surface area contributed by atoms with Crippen LogP contribution in [0.25, 0.3) is 0 Å². The number of hydrogen-bond donors (Lipinski definition) is 4. The number of anilines is 2. The van der Waals surface area contributed by atoms with E-state index < -0.39 is 0 Å². The van der Waals surface area contributed by atoms with E-state index in [1.807, 2.05) is 6.92 Å². The van der Waals surface area contributed by atoms with Crippen molar-refractivity contribution in [3.05, 3.63) is 12.4 Å². The molecule has 0 aliphatic carbocycles. The zero-order valence-electron chi connectivity index (χ0n) is 8.77. The van der Waals surface area contributed by atoms with Crippen LogP contribution in [0.2, 0.25) is 0 Å². The first kappa shape index (κ1) is 11.7. The molecule has 1 heterocycles. The van der Waals surface area contributed by atoms with Crippen LogP contribution in [0, 0.1) is 0 Å². The fraction of sp³-hybridized carbons (Fsp3) is 0.556. The maximum atomic E-state index is 8.68. The molecule has 0 saturated heterocycles. The predicted octanol–water partition coefficient (Wildman–Crippen LogP) is 0.335. The number of rotatable bonds is 6. The van der Waals surface area contributed by atoms with Crippen molar-refractivity contribution in [2.45, 2.75) is 25.8 Å². The minimum atomic E-state index is 0.210. The highest BCUT2D eigenvalue weighted by Gasteiger charge is 2.03. The van der Waals surface area contributed by atoms with Gasteiger partial charge in [-0.25, -0.2) is 10.8 Å². The maximum absolute atomic E-state index is 8.68. The molecule has 15 heavy (non-hydrogen) atoms. The molecule has 1 rings (SSSR count). The molecule has 1 unspecified atom stereocenters. The van der Waals surface area contributed by atoms with Crippen LogP contribution < -0.4 is 16.6 Å². The molecule has 0 amide bonds. The number of aliphatic hydroxyl groups is 1. The van der Waals surface area contributed by atoms with Crippen LogP contribution in [-0.4, -0.2) is 27.7 Å². The van der Waals surface area contributed by atoms with E-state index in [0.717, 1.165) is 12.8 Å². The monoisotopic (exact) mass is 211 g/mol. The van der Waals surface area contributed by atoms with Gasteiger partial charge in [0.05, 0.1) is 12.4 Å². The van der Waals surface area contributed by atoms with E-state index in [0.29, 0.717) is 11.6 Å². The molecule has 6 heteroatoms. The lowest BCUT2D eigenvalue weighted by atomic mass is 10.2. The van der Waals surface area contributed by atoms with Crippen LogP contribution in [0.3, 0.4) is 0 Å². The Morgan fingerprint density at radius 3 is 2.87 bits per heavy atom. The molecule has 1 atom stereocenters. The van der Waals surface area contributed by atoms with Crippen LogP contribution in [0.4, 0.5) is 11.6 Å². The highest BCUT2D eigenvalue weighted by Crippen LogP contribution is 2.08. The van der Waals surface area contributed by atoms with Crippen LogP contribution in [0.15, 0.2) is 12.4 Å². The first-order valence-electron chi connectivity index (χ1n) is 4.92. The molecule has 0 radical (unpaired) electrons. The molecular formula is C9H17N5O. The van der Waals surface area contributed by atoms with Gasteiger partial charge in [-0.05, 0) is 19.8 Å². The minimum absolute atomic E-state index is 0.210. The van der Waals surface area contributed by atoms with Crippen molar-refractivity contribution < 1.29 is 5.11 Å². The SMILES string of the molecule is CC(CCCO)Nc1cncc(NN)n1. The molecule has 0 aromatic carbocycles. The molecule has 1 aromatic rings. The Balaban J connectivity index is 2.48. The summed E-state index contributed by atoms with van der Waals surface area (Å²) in [4.78, 5) is 8.14. The van der Waals surface area contributed by atoms with E-state index in [1.165, 1.54) is 0 Å². The fourth-order valence-electron chi connectivity index (χ4n) is 1.23. The molecule has 6 nitrogen and oxygen atoms in total. The molecule has 0 fully saturated rings. The lowest BCUT2D eigenvalue weighted by Gasteiger charge is -2.13. The summed E-state index contributed by atoms with van der Waals surface area (Å²) in [5, 5.41) is 11.9. The van der Waals surface area contributed by atoms with Gasteiger partial charge in [0.1, 0.15) is 5.82 Å². The summed E-state index contributed by atoms with van der Waals surface area (Å²) in [6.45, 7) is 2.24. The molecule has 0 aliphatic rings. The van der Waals surface area contributed by atoms with Crippen LogP contribution in [0.5, 0.6) is 0 Å². The van der Waals surface area contributed by atoms with Gasteiger partial charge in [0.15, 0.2) is 5.82 Å². The van der Waals surface area contributed by atoms with E-state index >= 15 is 0 Å². The third kappa shape index (κ3) is 4.09. The van der Waals surface area contributed by atoms with Crippen molar-refractivity contribution in [1.82, 2.24) is 9.97 Å². The zero-order valence-corrected chi connectivity index (χ0v) is 8.77. The largest absolute Gasteiger partial charge is 0.396 e. The van der Waals surface area contributed by atoms with E-state index in [1.54, 1.807) is 12.4 Å². The van der Waals surface area contributed by atoms with E-state index in [-0.39, 0.29) is 12.6 Å². The van der Waals surface area contributed by atoms with Gasteiger partial charge in [-0.1, -0.05) is 0 Å². The molecule has 84 valence electrons. The lowest BCUT2D eigenvalue weighted by Crippen LogP contribution is -2.17. The summed E-state index contributed by atoms with van der Waals surface area (Å²) >= 11 is 0. The maximum Gasteiger partial charge on any atom is 0.160 e. The molecule has 1 aromatic heterocycles. The number of aliphatic hydroxyl groups excluding tert-OH is 1. The summed E-state index contributed by atoms with van der Waals surface area (Å²) < 4.78 is 0. The Bertz CT molecular complexity index is 294. The average molecular weight is 211 g/mol. The van der Waals surface area contributed by atoms with Gasteiger partial charge in [0, 0.05) is 12.6 Å². The zero-order chi connectivity index (χ0) is 11.1. The van der Waals surface area contributed by atoms with Crippen molar-refractivity contribution in [3.63, 3.8) is 0 Å². The molecule has 0 saturated carbocycles. The van der Waals surface area contributed by atoms with Gasteiger partial charge in [-0.2, -0.15) is 0 Å². The van der Waals surface area contributed by atoms with Gasteiger partial charge in [0.2, 0.25) is 0 Å². The van der Waals surface area contributed by atoms with Crippen molar-refractivity contribution in [1.29, 1.82) is 0 Å². The smallest absolute Gasteiger partial charge is 0.160 e. The number of nitrogens with two attached hydrogens (primary N) is 1. The summed E-state index contributed by atoms with van der Waals surface area (Å²) in [7, 11) is 0. The second kappa shape index (κ2) is 6.15.